The third kappa shape index (κ3) is 3.91. The Hall–Kier alpha value is -1.98. The highest BCUT2D eigenvalue weighted by Crippen LogP contribution is 2.30. The smallest absolute Gasteiger partial charge is 0.129 e. The minimum absolute atomic E-state index is 0.00987. The lowest BCUT2D eigenvalue weighted by atomic mass is 9.89. The van der Waals surface area contributed by atoms with E-state index in [1.54, 1.807) is 12.1 Å². The van der Waals surface area contributed by atoms with Crippen molar-refractivity contribution in [2.45, 2.75) is 24.9 Å². The fraction of sp³-hybridized carbons (Fsp3) is 0.368. The molecule has 0 radical (unpaired) electrons. The van der Waals surface area contributed by atoms with Gasteiger partial charge in [-0.05, 0) is 67.7 Å². The van der Waals surface area contributed by atoms with Gasteiger partial charge in [0.15, 0.2) is 0 Å². The van der Waals surface area contributed by atoms with E-state index in [1.165, 1.54) is 5.56 Å². The number of hydrogen-bond donors (Lipinski definition) is 2. The Morgan fingerprint density at radius 3 is 2.38 bits per heavy atom. The van der Waals surface area contributed by atoms with Crippen LogP contribution in [0.1, 0.15) is 36.0 Å². The van der Waals surface area contributed by atoms with Gasteiger partial charge in [0.2, 0.25) is 0 Å². The molecule has 1 aliphatic heterocycles. The molecule has 3 rings (SSSR count). The van der Waals surface area contributed by atoms with Crippen molar-refractivity contribution >= 4 is 0 Å². The van der Waals surface area contributed by atoms with Gasteiger partial charge >= 0.3 is 0 Å². The van der Waals surface area contributed by atoms with Crippen LogP contribution in [0.3, 0.4) is 0 Å². The van der Waals surface area contributed by atoms with E-state index >= 15 is 0 Å². The molecule has 0 aromatic heterocycles. The molecule has 5 heteroatoms. The van der Waals surface area contributed by atoms with E-state index in [0.717, 1.165) is 44.1 Å². The predicted octanol–water partition coefficient (Wildman–Crippen LogP) is 3.58. The number of aliphatic hydroxyl groups is 1. The molecule has 0 bridgehead atoms. The highest BCUT2D eigenvalue weighted by Gasteiger charge is 2.23. The van der Waals surface area contributed by atoms with E-state index in [1.807, 2.05) is 12.1 Å². The fourth-order valence-electron chi connectivity index (χ4n) is 3.31. The van der Waals surface area contributed by atoms with Gasteiger partial charge in [-0.15, -0.1) is 0 Å². The Balaban J connectivity index is 1.57. The second kappa shape index (κ2) is 7.28. The zero-order valence-corrected chi connectivity index (χ0v) is 13.3. The molecule has 1 atom stereocenters. The first-order valence-corrected chi connectivity index (χ1v) is 8.17. The number of piperidine rings is 1. The van der Waals surface area contributed by atoms with Gasteiger partial charge in [0.1, 0.15) is 17.4 Å². The van der Waals surface area contributed by atoms with Crippen molar-refractivity contribution in [2.24, 2.45) is 0 Å². The van der Waals surface area contributed by atoms with Crippen LogP contribution in [-0.4, -0.2) is 34.7 Å². The lowest BCUT2D eigenvalue weighted by molar-refractivity contribution is 0.0945. The van der Waals surface area contributed by atoms with Crippen LogP contribution in [0.2, 0.25) is 0 Å². The first-order valence-electron chi connectivity index (χ1n) is 8.17. The molecule has 2 aromatic rings. The lowest BCUT2D eigenvalue weighted by Gasteiger charge is -2.33. The molecule has 2 N–H and O–H groups in total. The SMILES string of the molecule is Oc1ccc(C2CCN(CC(O)c3cc(F)ccc3F)CC2)cc1. The molecule has 1 unspecified atom stereocenters. The number of likely N-dealkylation sites (tertiary alicyclic amines) is 1. The molecule has 0 spiro atoms. The Morgan fingerprint density at radius 1 is 1.04 bits per heavy atom. The monoisotopic (exact) mass is 333 g/mol. The molecule has 0 saturated carbocycles. The second-order valence-electron chi connectivity index (χ2n) is 6.35. The number of aliphatic hydroxyl groups excluding tert-OH is 1. The number of halogens is 2. The molecule has 0 amide bonds. The van der Waals surface area contributed by atoms with Gasteiger partial charge in [0.05, 0.1) is 6.10 Å². The molecule has 1 saturated heterocycles. The number of aromatic hydroxyl groups is 1. The molecule has 0 aliphatic carbocycles. The van der Waals surface area contributed by atoms with Crippen molar-refractivity contribution in [2.75, 3.05) is 19.6 Å². The summed E-state index contributed by atoms with van der Waals surface area (Å²) in [7, 11) is 0. The van der Waals surface area contributed by atoms with Crippen LogP contribution in [0.15, 0.2) is 42.5 Å². The maximum absolute atomic E-state index is 13.7. The number of rotatable bonds is 4. The van der Waals surface area contributed by atoms with Crippen molar-refractivity contribution in [1.29, 1.82) is 0 Å². The minimum atomic E-state index is -1.04. The lowest BCUT2D eigenvalue weighted by Crippen LogP contribution is -2.36. The van der Waals surface area contributed by atoms with E-state index in [4.69, 9.17) is 0 Å². The standard InChI is InChI=1S/C19H21F2NO2/c20-15-3-6-18(21)17(11-15)19(24)12-22-9-7-14(8-10-22)13-1-4-16(23)5-2-13/h1-6,11,14,19,23-24H,7-10,12H2. The Kier molecular flexibility index (Phi) is 5.11. The molecule has 1 aliphatic rings. The Labute approximate surface area is 140 Å². The van der Waals surface area contributed by atoms with Gasteiger partial charge in [-0.1, -0.05) is 12.1 Å². The molecule has 2 aromatic carbocycles. The molecule has 1 heterocycles. The first-order chi connectivity index (χ1) is 11.5. The largest absolute Gasteiger partial charge is 0.508 e. The molecule has 1 fully saturated rings. The summed E-state index contributed by atoms with van der Waals surface area (Å²) in [5.41, 5.74) is 1.21. The average molecular weight is 333 g/mol. The molecule has 3 nitrogen and oxygen atoms in total. The number of phenolic OH excluding ortho intramolecular Hbond substituents is 1. The van der Waals surface area contributed by atoms with E-state index in [9.17, 15) is 19.0 Å². The summed E-state index contributed by atoms with van der Waals surface area (Å²) in [6.07, 6.45) is 0.831. The van der Waals surface area contributed by atoms with E-state index < -0.39 is 17.7 Å². The summed E-state index contributed by atoms with van der Waals surface area (Å²) >= 11 is 0. The summed E-state index contributed by atoms with van der Waals surface area (Å²) in [6, 6.07) is 10.4. The van der Waals surface area contributed by atoms with Crippen LogP contribution in [0, 0.1) is 11.6 Å². The minimum Gasteiger partial charge on any atom is -0.508 e. The third-order valence-electron chi connectivity index (χ3n) is 4.70. The van der Waals surface area contributed by atoms with Gasteiger partial charge in [-0.2, -0.15) is 0 Å². The predicted molar refractivity (Wildman–Crippen MR) is 87.8 cm³/mol. The summed E-state index contributed by atoms with van der Waals surface area (Å²) in [5, 5.41) is 19.6. The summed E-state index contributed by atoms with van der Waals surface area (Å²) < 4.78 is 27.0. The maximum atomic E-state index is 13.7. The first kappa shape index (κ1) is 16.9. The van der Waals surface area contributed by atoms with Crippen LogP contribution in [0.5, 0.6) is 5.75 Å². The van der Waals surface area contributed by atoms with Crippen LogP contribution in [0.25, 0.3) is 0 Å². The number of benzene rings is 2. The fourth-order valence-corrected chi connectivity index (χ4v) is 3.31. The topological polar surface area (TPSA) is 43.7 Å². The van der Waals surface area contributed by atoms with E-state index in [-0.39, 0.29) is 11.3 Å². The van der Waals surface area contributed by atoms with Crippen LogP contribution >= 0.6 is 0 Å². The van der Waals surface area contributed by atoms with Gasteiger partial charge in [-0.3, -0.25) is 0 Å². The molecule has 24 heavy (non-hydrogen) atoms. The molecule has 128 valence electrons. The zero-order valence-electron chi connectivity index (χ0n) is 13.3. The van der Waals surface area contributed by atoms with Crippen molar-refractivity contribution < 1.29 is 19.0 Å². The van der Waals surface area contributed by atoms with Crippen molar-refractivity contribution in [3.8, 4) is 5.75 Å². The maximum Gasteiger partial charge on any atom is 0.129 e. The average Bonchev–Trinajstić information content (AvgIpc) is 2.58. The highest BCUT2D eigenvalue weighted by molar-refractivity contribution is 5.28. The van der Waals surface area contributed by atoms with Crippen molar-refractivity contribution in [3.05, 3.63) is 65.2 Å². The van der Waals surface area contributed by atoms with Gasteiger partial charge in [0, 0.05) is 12.1 Å². The number of nitrogens with zero attached hydrogens (tertiary/aromatic N) is 1. The summed E-state index contributed by atoms with van der Waals surface area (Å²) in [5.74, 6) is -0.444. The zero-order chi connectivity index (χ0) is 17.1. The molecular weight excluding hydrogens is 312 g/mol. The summed E-state index contributed by atoms with van der Waals surface area (Å²) in [4.78, 5) is 2.08. The van der Waals surface area contributed by atoms with Gasteiger partial charge < -0.3 is 15.1 Å². The quantitative estimate of drug-likeness (QED) is 0.899. The third-order valence-corrected chi connectivity index (χ3v) is 4.70. The number of phenols is 1. The van der Waals surface area contributed by atoms with Crippen LogP contribution in [0.4, 0.5) is 8.78 Å². The van der Waals surface area contributed by atoms with Crippen LogP contribution in [-0.2, 0) is 0 Å². The van der Waals surface area contributed by atoms with Gasteiger partial charge in [0.25, 0.3) is 0 Å². The molecular formula is C19H21F2NO2. The Bertz CT molecular complexity index is 682. The normalized spacial score (nSPS) is 17.8. The van der Waals surface area contributed by atoms with Gasteiger partial charge in [-0.25, -0.2) is 8.78 Å². The van der Waals surface area contributed by atoms with Crippen LogP contribution < -0.4 is 0 Å². The number of β-amino-alcohol motifs (C(OH)–C–C–N with tert-alkyl or cyclic N) is 1. The van der Waals surface area contributed by atoms with E-state index in [0.29, 0.717) is 12.5 Å². The highest BCUT2D eigenvalue weighted by atomic mass is 19.1. The van der Waals surface area contributed by atoms with E-state index in [2.05, 4.69) is 4.90 Å². The second-order valence-corrected chi connectivity index (χ2v) is 6.35. The van der Waals surface area contributed by atoms with Crippen molar-refractivity contribution in [3.63, 3.8) is 0 Å². The van der Waals surface area contributed by atoms with Crippen molar-refractivity contribution in [1.82, 2.24) is 4.90 Å². The number of hydrogen-bond acceptors (Lipinski definition) is 3. The summed E-state index contributed by atoms with van der Waals surface area (Å²) in [6.45, 7) is 1.88. The Morgan fingerprint density at radius 2 is 1.71 bits per heavy atom.